The Hall–Kier alpha value is -1.53. The summed E-state index contributed by atoms with van der Waals surface area (Å²) >= 11 is 1.43. The highest BCUT2D eigenvalue weighted by Crippen LogP contribution is 2.26. The van der Waals surface area contributed by atoms with E-state index in [-0.39, 0.29) is 17.9 Å². The fraction of sp³-hybridized carbons (Fsp3) is 0.600. The molecule has 0 bridgehead atoms. The maximum Gasteiger partial charge on any atom is 0.254 e. The van der Waals surface area contributed by atoms with Crippen molar-refractivity contribution in [3.8, 4) is 0 Å². The second-order valence-corrected chi connectivity index (χ2v) is 8.15. The molecule has 2 N–H and O–H groups in total. The third kappa shape index (κ3) is 6.32. The first-order valence-corrected chi connectivity index (χ1v) is 10.4. The maximum absolute atomic E-state index is 13.0. The lowest BCUT2D eigenvalue weighted by atomic mass is 9.93. The van der Waals surface area contributed by atoms with Gasteiger partial charge in [-0.2, -0.15) is 0 Å². The molecule has 1 aliphatic rings. The van der Waals surface area contributed by atoms with Gasteiger partial charge in [-0.25, -0.2) is 0 Å². The lowest BCUT2D eigenvalue weighted by Crippen LogP contribution is -2.39. The van der Waals surface area contributed by atoms with Crippen LogP contribution in [0.5, 0.6) is 0 Å². The third-order valence-electron chi connectivity index (χ3n) is 4.63. The summed E-state index contributed by atoms with van der Waals surface area (Å²) in [5.74, 6) is 1.12. The number of piperidine rings is 1. The van der Waals surface area contributed by atoms with Gasteiger partial charge in [0, 0.05) is 24.0 Å². The molecule has 6 heteroatoms. The second kappa shape index (κ2) is 10.6. The minimum absolute atomic E-state index is 0.00222. The number of carbonyl (C=O) groups excluding carboxylic acids is 2. The fourth-order valence-corrected chi connectivity index (χ4v) is 4.08. The van der Waals surface area contributed by atoms with E-state index >= 15 is 0 Å². The van der Waals surface area contributed by atoms with Crippen molar-refractivity contribution in [1.29, 1.82) is 0 Å². The molecule has 1 aromatic carbocycles. The van der Waals surface area contributed by atoms with Crippen LogP contribution in [0.1, 0.15) is 43.5 Å². The molecule has 0 unspecified atom stereocenters. The topological polar surface area (TPSA) is 61.4 Å². The van der Waals surface area contributed by atoms with Gasteiger partial charge in [0.05, 0.1) is 11.3 Å². The van der Waals surface area contributed by atoms with Crippen molar-refractivity contribution in [2.24, 2.45) is 5.92 Å². The van der Waals surface area contributed by atoms with Crippen LogP contribution in [0.15, 0.2) is 29.2 Å². The van der Waals surface area contributed by atoms with E-state index in [1.54, 1.807) is 0 Å². The molecule has 144 valence electrons. The molecular formula is C20H31N3O2S. The summed E-state index contributed by atoms with van der Waals surface area (Å²) in [6.07, 6.45) is 3.31. The van der Waals surface area contributed by atoms with E-state index in [1.807, 2.05) is 50.1 Å². The number of hydrogen-bond acceptors (Lipinski definition) is 4. The predicted molar refractivity (Wildman–Crippen MR) is 108 cm³/mol. The summed E-state index contributed by atoms with van der Waals surface area (Å²) in [5.41, 5.74) is 0.712. The monoisotopic (exact) mass is 377 g/mol. The first kappa shape index (κ1) is 20.8. The van der Waals surface area contributed by atoms with Crippen LogP contribution >= 0.6 is 11.8 Å². The average molecular weight is 378 g/mol. The van der Waals surface area contributed by atoms with Crippen molar-refractivity contribution in [2.75, 3.05) is 32.4 Å². The normalized spacial score (nSPS) is 15.3. The Morgan fingerprint density at radius 3 is 2.58 bits per heavy atom. The second-order valence-electron chi connectivity index (χ2n) is 7.13. The van der Waals surface area contributed by atoms with Gasteiger partial charge in [-0.1, -0.05) is 12.1 Å². The summed E-state index contributed by atoms with van der Waals surface area (Å²) in [7, 11) is 1.98. The van der Waals surface area contributed by atoms with Gasteiger partial charge in [0.15, 0.2) is 0 Å². The van der Waals surface area contributed by atoms with E-state index in [9.17, 15) is 9.59 Å². The Morgan fingerprint density at radius 2 is 1.92 bits per heavy atom. The van der Waals surface area contributed by atoms with Crippen molar-refractivity contribution >= 4 is 23.6 Å². The molecule has 1 fully saturated rings. The number of rotatable bonds is 8. The lowest BCUT2D eigenvalue weighted by molar-refractivity contribution is -0.119. The molecule has 1 aromatic rings. The van der Waals surface area contributed by atoms with Crippen molar-refractivity contribution in [3.05, 3.63) is 29.8 Å². The van der Waals surface area contributed by atoms with Crippen molar-refractivity contribution in [1.82, 2.24) is 15.5 Å². The number of amides is 2. The molecule has 2 amide bonds. The van der Waals surface area contributed by atoms with Crippen molar-refractivity contribution < 1.29 is 9.59 Å². The number of benzene rings is 1. The van der Waals surface area contributed by atoms with Gasteiger partial charge in [-0.05, 0) is 64.8 Å². The highest BCUT2D eigenvalue weighted by atomic mass is 32.2. The van der Waals surface area contributed by atoms with Crippen LogP contribution in [0, 0.1) is 5.92 Å². The summed E-state index contributed by atoms with van der Waals surface area (Å²) < 4.78 is 0. The molecule has 0 atom stereocenters. The number of hydrogen-bond donors (Lipinski definition) is 2. The van der Waals surface area contributed by atoms with E-state index in [1.165, 1.54) is 18.2 Å². The number of thioether (sulfide) groups is 1. The highest BCUT2D eigenvalue weighted by molar-refractivity contribution is 8.00. The smallest absolute Gasteiger partial charge is 0.254 e. The lowest BCUT2D eigenvalue weighted by Gasteiger charge is -2.32. The standard InChI is InChI=1S/C20H31N3O2S/c1-15(2)22-19(24)14-26-18-7-5-4-6-17(18)20(25)23-12-9-16(10-13-23)8-11-21-3/h4-7,15-16,21H,8-14H2,1-3H3,(H,22,24). The Morgan fingerprint density at radius 1 is 1.23 bits per heavy atom. The van der Waals surface area contributed by atoms with Crippen molar-refractivity contribution in [3.63, 3.8) is 0 Å². The zero-order chi connectivity index (χ0) is 18.9. The van der Waals surface area contributed by atoms with Gasteiger partial charge in [0.25, 0.3) is 5.91 Å². The third-order valence-corrected chi connectivity index (χ3v) is 5.70. The zero-order valence-corrected chi connectivity index (χ0v) is 16.9. The van der Waals surface area contributed by atoms with Crippen LogP contribution < -0.4 is 10.6 Å². The number of nitrogens with zero attached hydrogens (tertiary/aromatic N) is 1. The first-order valence-electron chi connectivity index (χ1n) is 9.46. The maximum atomic E-state index is 13.0. The van der Waals surface area contributed by atoms with Gasteiger partial charge >= 0.3 is 0 Å². The molecular weight excluding hydrogens is 346 g/mol. The SMILES string of the molecule is CNCCC1CCN(C(=O)c2ccccc2SCC(=O)NC(C)C)CC1. The Balaban J connectivity index is 1.94. The van der Waals surface area contributed by atoms with Crippen LogP contribution in [-0.2, 0) is 4.79 Å². The van der Waals surface area contributed by atoms with Crippen LogP contribution in [0.4, 0.5) is 0 Å². The molecule has 1 saturated heterocycles. The Labute approximate surface area is 161 Å². The van der Waals surface area contributed by atoms with Crippen LogP contribution in [-0.4, -0.2) is 55.2 Å². The minimum atomic E-state index is -0.00222. The number of nitrogens with one attached hydrogen (secondary N) is 2. The van der Waals surface area contributed by atoms with E-state index in [0.29, 0.717) is 17.2 Å². The Bertz CT molecular complexity index is 598. The molecule has 0 spiro atoms. The number of carbonyl (C=O) groups is 2. The molecule has 0 radical (unpaired) electrons. The summed E-state index contributed by atoms with van der Waals surface area (Å²) in [6, 6.07) is 7.75. The molecule has 26 heavy (non-hydrogen) atoms. The van der Waals surface area contributed by atoms with Gasteiger partial charge in [-0.3, -0.25) is 9.59 Å². The number of likely N-dealkylation sites (tertiary alicyclic amines) is 1. The van der Waals surface area contributed by atoms with Crippen LogP contribution in [0.2, 0.25) is 0 Å². The van der Waals surface area contributed by atoms with E-state index in [4.69, 9.17) is 0 Å². The molecule has 1 aliphatic heterocycles. The molecule has 0 aromatic heterocycles. The van der Waals surface area contributed by atoms with Gasteiger partial charge in [0.2, 0.25) is 5.91 Å². The molecule has 1 heterocycles. The van der Waals surface area contributed by atoms with Crippen LogP contribution in [0.3, 0.4) is 0 Å². The fourth-order valence-electron chi connectivity index (χ4n) is 3.22. The molecule has 0 saturated carbocycles. The highest BCUT2D eigenvalue weighted by Gasteiger charge is 2.24. The van der Waals surface area contributed by atoms with E-state index < -0.39 is 0 Å². The molecule has 5 nitrogen and oxygen atoms in total. The van der Waals surface area contributed by atoms with E-state index in [0.717, 1.165) is 37.4 Å². The first-order chi connectivity index (χ1) is 12.5. The summed E-state index contributed by atoms with van der Waals surface area (Å²) in [6.45, 7) is 6.57. The Kier molecular flexibility index (Phi) is 8.45. The van der Waals surface area contributed by atoms with Crippen molar-refractivity contribution in [2.45, 2.75) is 44.0 Å². The quantitative estimate of drug-likeness (QED) is 0.684. The van der Waals surface area contributed by atoms with E-state index in [2.05, 4.69) is 10.6 Å². The van der Waals surface area contributed by atoms with Gasteiger partial charge < -0.3 is 15.5 Å². The zero-order valence-electron chi connectivity index (χ0n) is 16.1. The van der Waals surface area contributed by atoms with Gasteiger partial charge in [0.1, 0.15) is 0 Å². The van der Waals surface area contributed by atoms with Gasteiger partial charge in [-0.15, -0.1) is 11.8 Å². The molecule has 0 aliphatic carbocycles. The minimum Gasteiger partial charge on any atom is -0.353 e. The largest absolute Gasteiger partial charge is 0.353 e. The predicted octanol–water partition coefficient (Wildman–Crippen LogP) is 2.77. The summed E-state index contributed by atoms with van der Waals surface area (Å²) in [4.78, 5) is 27.7. The average Bonchev–Trinajstić information content (AvgIpc) is 2.64. The molecule has 2 rings (SSSR count). The summed E-state index contributed by atoms with van der Waals surface area (Å²) in [5, 5.41) is 6.09. The van der Waals surface area contributed by atoms with Crippen LogP contribution in [0.25, 0.3) is 0 Å².